The number of ether oxygens (including phenoxy) is 1. The third-order valence-corrected chi connectivity index (χ3v) is 2.80. The first-order chi connectivity index (χ1) is 7.81. The van der Waals surface area contributed by atoms with Gasteiger partial charge in [0.25, 0.3) is 0 Å². The smallest absolute Gasteiger partial charge is 0.226 e. The Labute approximate surface area is 95.8 Å². The molecule has 0 unspecified atom stereocenters. The van der Waals surface area contributed by atoms with Crippen molar-refractivity contribution in [2.45, 2.75) is 19.8 Å². The molecule has 0 saturated heterocycles. The topological polar surface area (TPSA) is 38.3 Å². The van der Waals surface area contributed by atoms with Gasteiger partial charge in [-0.3, -0.25) is 4.79 Å². The zero-order valence-electron chi connectivity index (χ0n) is 9.53. The number of nitrogens with one attached hydrogen (secondary N) is 1. The SMILES string of the molecule is CCCNC(=O)[C@H]1COc2ccccc2C1. The molecule has 1 amide bonds. The van der Waals surface area contributed by atoms with Gasteiger partial charge in [0, 0.05) is 6.54 Å². The van der Waals surface area contributed by atoms with Crippen LogP contribution in [0.5, 0.6) is 5.75 Å². The maximum Gasteiger partial charge on any atom is 0.226 e. The predicted molar refractivity (Wildman–Crippen MR) is 62.4 cm³/mol. The fourth-order valence-corrected chi connectivity index (χ4v) is 1.89. The maximum absolute atomic E-state index is 11.8. The molecule has 1 aliphatic heterocycles. The largest absolute Gasteiger partial charge is 0.492 e. The van der Waals surface area contributed by atoms with Crippen molar-refractivity contribution in [3.8, 4) is 5.75 Å². The Morgan fingerprint density at radius 1 is 1.50 bits per heavy atom. The van der Waals surface area contributed by atoms with Crippen LogP contribution < -0.4 is 10.1 Å². The number of hydrogen-bond donors (Lipinski definition) is 1. The van der Waals surface area contributed by atoms with Gasteiger partial charge in [-0.25, -0.2) is 0 Å². The first kappa shape index (κ1) is 11.0. The van der Waals surface area contributed by atoms with Crippen molar-refractivity contribution in [1.29, 1.82) is 0 Å². The molecule has 1 aromatic carbocycles. The molecule has 0 aliphatic carbocycles. The molecule has 3 nitrogen and oxygen atoms in total. The summed E-state index contributed by atoms with van der Waals surface area (Å²) in [6.45, 7) is 3.29. The minimum Gasteiger partial charge on any atom is -0.492 e. The number of fused-ring (bicyclic) bond motifs is 1. The fourth-order valence-electron chi connectivity index (χ4n) is 1.89. The van der Waals surface area contributed by atoms with Crippen LogP contribution >= 0.6 is 0 Å². The van der Waals surface area contributed by atoms with Crippen LogP contribution in [0.2, 0.25) is 0 Å². The Kier molecular flexibility index (Phi) is 3.44. The quantitative estimate of drug-likeness (QED) is 0.841. The number of para-hydroxylation sites is 1. The highest BCUT2D eigenvalue weighted by Crippen LogP contribution is 2.26. The summed E-state index contributed by atoms with van der Waals surface area (Å²) in [5.74, 6) is 0.986. The second-order valence-corrected chi connectivity index (χ2v) is 4.11. The molecule has 0 saturated carbocycles. The van der Waals surface area contributed by atoms with Gasteiger partial charge in [-0.05, 0) is 24.5 Å². The Bertz CT molecular complexity index is 376. The van der Waals surface area contributed by atoms with Crippen LogP contribution in [-0.2, 0) is 11.2 Å². The first-order valence-corrected chi connectivity index (χ1v) is 5.79. The van der Waals surface area contributed by atoms with Crippen LogP contribution in [0.15, 0.2) is 24.3 Å². The summed E-state index contributed by atoms with van der Waals surface area (Å²) in [6, 6.07) is 7.91. The zero-order chi connectivity index (χ0) is 11.4. The van der Waals surface area contributed by atoms with E-state index in [-0.39, 0.29) is 11.8 Å². The lowest BCUT2D eigenvalue weighted by Crippen LogP contribution is -2.37. The Morgan fingerprint density at radius 2 is 2.31 bits per heavy atom. The summed E-state index contributed by atoms with van der Waals surface area (Å²) in [5.41, 5.74) is 1.13. The molecule has 3 heteroatoms. The second-order valence-electron chi connectivity index (χ2n) is 4.11. The summed E-state index contributed by atoms with van der Waals surface area (Å²) in [6.07, 6.45) is 1.75. The van der Waals surface area contributed by atoms with Gasteiger partial charge in [0.05, 0.1) is 5.92 Å². The van der Waals surface area contributed by atoms with E-state index >= 15 is 0 Å². The number of benzene rings is 1. The van der Waals surface area contributed by atoms with Gasteiger partial charge in [-0.2, -0.15) is 0 Å². The molecule has 0 spiro atoms. The molecular weight excluding hydrogens is 202 g/mol. The normalized spacial score (nSPS) is 18.4. The summed E-state index contributed by atoms with van der Waals surface area (Å²) in [4.78, 5) is 11.8. The number of carbonyl (C=O) groups is 1. The molecule has 86 valence electrons. The summed E-state index contributed by atoms with van der Waals surface area (Å²) >= 11 is 0. The van der Waals surface area contributed by atoms with E-state index in [0.717, 1.165) is 30.7 Å². The van der Waals surface area contributed by atoms with E-state index in [1.54, 1.807) is 0 Å². The minimum atomic E-state index is -0.0403. The average Bonchev–Trinajstić information content (AvgIpc) is 2.35. The molecule has 2 rings (SSSR count). The van der Waals surface area contributed by atoms with E-state index in [4.69, 9.17) is 4.74 Å². The highest BCUT2D eigenvalue weighted by Gasteiger charge is 2.25. The van der Waals surface area contributed by atoms with E-state index < -0.39 is 0 Å². The van der Waals surface area contributed by atoms with Crippen molar-refractivity contribution in [3.05, 3.63) is 29.8 Å². The van der Waals surface area contributed by atoms with Crippen molar-refractivity contribution < 1.29 is 9.53 Å². The molecule has 1 heterocycles. The number of amides is 1. The van der Waals surface area contributed by atoms with Crippen molar-refractivity contribution in [2.75, 3.05) is 13.2 Å². The van der Waals surface area contributed by atoms with Crippen LogP contribution in [0, 0.1) is 5.92 Å². The monoisotopic (exact) mass is 219 g/mol. The van der Waals surface area contributed by atoms with Crippen molar-refractivity contribution in [3.63, 3.8) is 0 Å². The molecule has 16 heavy (non-hydrogen) atoms. The number of rotatable bonds is 3. The third-order valence-electron chi connectivity index (χ3n) is 2.80. The Morgan fingerprint density at radius 3 is 3.12 bits per heavy atom. The molecular formula is C13H17NO2. The van der Waals surface area contributed by atoms with E-state index in [0.29, 0.717) is 6.61 Å². The molecule has 0 radical (unpaired) electrons. The van der Waals surface area contributed by atoms with Crippen LogP contribution in [-0.4, -0.2) is 19.1 Å². The highest BCUT2D eigenvalue weighted by molar-refractivity contribution is 5.79. The molecule has 0 aromatic heterocycles. The lowest BCUT2D eigenvalue weighted by molar-refractivity contribution is -0.126. The van der Waals surface area contributed by atoms with E-state index in [1.807, 2.05) is 31.2 Å². The highest BCUT2D eigenvalue weighted by atomic mass is 16.5. The van der Waals surface area contributed by atoms with Crippen LogP contribution in [0.4, 0.5) is 0 Å². The molecule has 1 N–H and O–H groups in total. The van der Waals surface area contributed by atoms with E-state index in [1.165, 1.54) is 0 Å². The van der Waals surface area contributed by atoms with Gasteiger partial charge in [0.2, 0.25) is 5.91 Å². The van der Waals surface area contributed by atoms with Crippen molar-refractivity contribution in [2.24, 2.45) is 5.92 Å². The van der Waals surface area contributed by atoms with E-state index in [2.05, 4.69) is 5.32 Å². The van der Waals surface area contributed by atoms with Gasteiger partial charge in [-0.15, -0.1) is 0 Å². The molecule has 0 fully saturated rings. The van der Waals surface area contributed by atoms with Gasteiger partial charge in [-0.1, -0.05) is 25.1 Å². The lowest BCUT2D eigenvalue weighted by Gasteiger charge is -2.24. The summed E-state index contributed by atoms with van der Waals surface area (Å²) < 4.78 is 5.58. The molecule has 1 aliphatic rings. The van der Waals surface area contributed by atoms with Gasteiger partial charge in [0.1, 0.15) is 12.4 Å². The average molecular weight is 219 g/mol. The third kappa shape index (κ3) is 2.35. The maximum atomic E-state index is 11.8. The summed E-state index contributed by atoms with van der Waals surface area (Å²) in [5, 5.41) is 2.91. The molecule has 1 atom stereocenters. The van der Waals surface area contributed by atoms with E-state index in [9.17, 15) is 4.79 Å². The lowest BCUT2D eigenvalue weighted by atomic mass is 9.96. The molecule has 1 aromatic rings. The predicted octanol–water partition coefficient (Wildman–Crippen LogP) is 1.76. The second kappa shape index (κ2) is 5.01. The first-order valence-electron chi connectivity index (χ1n) is 5.79. The molecule has 0 bridgehead atoms. The van der Waals surface area contributed by atoms with Gasteiger partial charge in [0.15, 0.2) is 0 Å². The van der Waals surface area contributed by atoms with Crippen molar-refractivity contribution >= 4 is 5.91 Å². The van der Waals surface area contributed by atoms with Gasteiger partial charge < -0.3 is 10.1 Å². The van der Waals surface area contributed by atoms with Crippen LogP contribution in [0.3, 0.4) is 0 Å². The van der Waals surface area contributed by atoms with Crippen molar-refractivity contribution in [1.82, 2.24) is 5.32 Å². The minimum absolute atomic E-state index is 0.0403. The fraction of sp³-hybridized carbons (Fsp3) is 0.462. The van der Waals surface area contributed by atoms with Crippen LogP contribution in [0.1, 0.15) is 18.9 Å². The Balaban J connectivity index is 1.99. The van der Waals surface area contributed by atoms with Gasteiger partial charge >= 0.3 is 0 Å². The number of carbonyl (C=O) groups excluding carboxylic acids is 1. The standard InChI is InChI=1S/C13H17NO2/c1-2-7-14-13(15)11-8-10-5-3-4-6-12(10)16-9-11/h3-6,11H,2,7-9H2,1H3,(H,14,15)/t11-/m1/s1. The Hall–Kier alpha value is -1.51. The van der Waals surface area contributed by atoms with Crippen LogP contribution in [0.25, 0.3) is 0 Å². The summed E-state index contributed by atoms with van der Waals surface area (Å²) in [7, 11) is 0. The zero-order valence-corrected chi connectivity index (χ0v) is 9.53. The number of hydrogen-bond acceptors (Lipinski definition) is 2.